The number of aryl methyl sites for hydroxylation is 3. The number of fused-ring (bicyclic) bond motifs is 4. The Morgan fingerprint density at radius 1 is 0.855 bits per heavy atom. The van der Waals surface area contributed by atoms with Crippen LogP contribution in [0.15, 0.2) is 114 Å². The van der Waals surface area contributed by atoms with E-state index in [0.29, 0.717) is 28.5 Å². The molecule has 0 atom stereocenters. The Labute approximate surface area is 383 Å². The summed E-state index contributed by atoms with van der Waals surface area (Å²) in [6, 6.07) is 36.5. The Kier molecular flexibility index (Phi) is 11.3. The third-order valence-electron chi connectivity index (χ3n) is 11.1. The molecule has 0 unspecified atom stereocenters. The molecule has 0 spiro atoms. The van der Waals surface area contributed by atoms with Gasteiger partial charge in [-0.25, -0.2) is 0 Å². The number of rotatable bonds is 6. The van der Waals surface area contributed by atoms with Crippen molar-refractivity contribution in [2.45, 2.75) is 86.3 Å². The fourth-order valence-corrected chi connectivity index (χ4v) is 9.05. The first-order valence-electron chi connectivity index (χ1n) is 22.2. The van der Waals surface area contributed by atoms with Gasteiger partial charge in [0.05, 0.1) is 30.6 Å². The molecule has 5 aromatic heterocycles. The largest absolute Gasteiger partial charge is 0.483 e. The van der Waals surface area contributed by atoms with Crippen LogP contribution < -0.4 is 5.19 Å². The molecule has 0 saturated heterocycles. The Morgan fingerprint density at radius 2 is 1.63 bits per heavy atom. The summed E-state index contributed by atoms with van der Waals surface area (Å²) >= 11 is 0. The predicted molar refractivity (Wildman–Crippen MR) is 252 cm³/mol. The zero-order chi connectivity index (χ0) is 45.9. The summed E-state index contributed by atoms with van der Waals surface area (Å²) in [7, 11) is -1.81. The van der Waals surface area contributed by atoms with E-state index in [-0.39, 0.29) is 31.3 Å². The smallest absolute Gasteiger partial charge is 0.141 e. The van der Waals surface area contributed by atoms with Crippen molar-refractivity contribution in [3.63, 3.8) is 0 Å². The fourth-order valence-electron chi connectivity index (χ4n) is 7.72. The van der Waals surface area contributed by atoms with Crippen LogP contribution in [0.25, 0.3) is 72.6 Å². The van der Waals surface area contributed by atoms with Crippen LogP contribution in [-0.2, 0) is 25.5 Å². The number of pyridine rings is 3. The van der Waals surface area contributed by atoms with Gasteiger partial charge in [0.2, 0.25) is 0 Å². The first kappa shape index (κ1) is 40.5. The van der Waals surface area contributed by atoms with E-state index in [2.05, 4.69) is 160 Å². The average Bonchev–Trinajstić information content (AvgIpc) is 3.81. The van der Waals surface area contributed by atoms with Gasteiger partial charge < -0.3 is 19.0 Å². The topological polar surface area (TPSA) is 69.6 Å². The van der Waals surface area contributed by atoms with Gasteiger partial charge in [-0.05, 0) is 95.5 Å². The van der Waals surface area contributed by atoms with Crippen molar-refractivity contribution >= 4 is 46.4 Å². The monoisotopic (exact) mass is 1020 g/mol. The van der Waals surface area contributed by atoms with E-state index >= 15 is 0 Å². The Bertz CT molecular complexity index is 3190. The molecule has 9 aromatic rings. The minimum atomic E-state index is -2.19. The van der Waals surface area contributed by atoms with Gasteiger partial charge in [-0.15, -0.1) is 35.9 Å². The number of furan rings is 1. The zero-order valence-corrected chi connectivity index (χ0v) is 40.2. The van der Waals surface area contributed by atoms with Crippen molar-refractivity contribution in [3.8, 4) is 39.5 Å². The standard InChI is InChI=1S/C38H35N4O.C15H17FNSi.Ir/c1-22(2)26-13-15-29-31-18-27(21-39-37(31)43-34(29)19-26)36-41-35-24(4)40-23(3)17-33(35)42(36)32-16-14-28(38(5,6)7)20-30(32)25-11-9-8-10-12-25;1-11-9-14(12-5-7-13(16)8-6-12)17-10-15(11)18(2,3)4;/h8-20,22H,1-7H3;5,7-10H,1-4H3;/q2*-1;/i;1D3;. The molecule has 0 amide bonds. The number of imidazole rings is 1. The molecular weight excluding hydrogens is 962 g/mol. The average molecular weight is 1020 g/mol. The summed E-state index contributed by atoms with van der Waals surface area (Å²) in [6.45, 7) is 19.3. The number of halogens is 1. The molecule has 0 aliphatic rings. The van der Waals surface area contributed by atoms with Gasteiger partial charge in [0.15, 0.2) is 0 Å². The maximum Gasteiger partial charge on any atom is 0.141 e. The molecule has 9 rings (SSSR count). The van der Waals surface area contributed by atoms with E-state index < -0.39 is 14.9 Å². The minimum Gasteiger partial charge on any atom is -0.483 e. The molecule has 6 nitrogen and oxygen atoms in total. The third kappa shape index (κ3) is 8.85. The van der Waals surface area contributed by atoms with E-state index in [0.717, 1.165) is 72.2 Å². The molecule has 0 bridgehead atoms. The predicted octanol–water partition coefficient (Wildman–Crippen LogP) is 13.4. The second-order valence-corrected chi connectivity index (χ2v) is 23.2. The number of hydrogen-bond acceptors (Lipinski definition) is 5. The summed E-state index contributed by atoms with van der Waals surface area (Å²) in [4.78, 5) is 19.0. The van der Waals surface area contributed by atoms with Crippen LogP contribution in [0, 0.1) is 38.8 Å². The molecule has 1 radical (unpaired) electrons. The van der Waals surface area contributed by atoms with Gasteiger partial charge in [-0.3, -0.25) is 14.4 Å². The molecule has 9 heteroatoms. The van der Waals surface area contributed by atoms with Gasteiger partial charge in [0.1, 0.15) is 11.3 Å². The number of hydrogen-bond donors (Lipinski definition) is 0. The molecule has 0 aliphatic heterocycles. The van der Waals surface area contributed by atoms with Crippen molar-refractivity contribution in [2.24, 2.45) is 0 Å². The van der Waals surface area contributed by atoms with E-state index in [1.807, 2.05) is 13.8 Å². The maximum atomic E-state index is 13.0. The van der Waals surface area contributed by atoms with E-state index in [4.69, 9.17) is 18.5 Å². The zero-order valence-electron chi connectivity index (χ0n) is 39.8. The normalized spacial score (nSPS) is 12.8. The summed E-state index contributed by atoms with van der Waals surface area (Å²) in [5.74, 6) is 0.804. The number of nitrogens with zero attached hydrogens (tertiary/aromatic N) is 5. The quantitative estimate of drug-likeness (QED) is 0.123. The second kappa shape index (κ2) is 17.3. The molecule has 4 aromatic carbocycles. The number of aromatic nitrogens is 5. The fraction of sp³-hybridized carbons (Fsp3) is 0.245. The molecule has 0 aliphatic carbocycles. The van der Waals surface area contributed by atoms with Crippen molar-refractivity contribution in [1.82, 2.24) is 24.5 Å². The van der Waals surface area contributed by atoms with Crippen LogP contribution in [0.5, 0.6) is 0 Å². The Hall–Kier alpha value is -5.60. The summed E-state index contributed by atoms with van der Waals surface area (Å²) in [5.41, 5.74) is 13.2. The molecule has 0 saturated carbocycles. The molecule has 62 heavy (non-hydrogen) atoms. The van der Waals surface area contributed by atoms with Crippen LogP contribution in [0.3, 0.4) is 0 Å². The van der Waals surface area contributed by atoms with Crippen LogP contribution in [0.2, 0.25) is 19.6 Å². The van der Waals surface area contributed by atoms with E-state index in [1.54, 1.807) is 18.3 Å². The summed E-state index contributed by atoms with van der Waals surface area (Å²) < 4.78 is 44.6. The number of benzene rings is 4. The van der Waals surface area contributed by atoms with Gasteiger partial charge in [0, 0.05) is 58.6 Å². The van der Waals surface area contributed by atoms with Crippen molar-refractivity contribution < 1.29 is 33.0 Å². The van der Waals surface area contributed by atoms with Crippen molar-refractivity contribution in [2.75, 3.05) is 0 Å². The summed E-state index contributed by atoms with van der Waals surface area (Å²) in [5, 5.41) is 2.82. The van der Waals surface area contributed by atoms with Gasteiger partial charge in [0.25, 0.3) is 0 Å². The Balaban J connectivity index is 0.000000242. The van der Waals surface area contributed by atoms with Crippen molar-refractivity contribution in [3.05, 3.63) is 155 Å². The van der Waals surface area contributed by atoms with E-state index in [1.165, 1.54) is 23.3 Å². The molecule has 0 fully saturated rings. The maximum absolute atomic E-state index is 13.0. The third-order valence-corrected chi connectivity index (χ3v) is 13.1. The van der Waals surface area contributed by atoms with Crippen LogP contribution in [0.4, 0.5) is 4.39 Å². The molecule has 5 heterocycles. The first-order valence-corrected chi connectivity index (χ1v) is 24.2. The van der Waals surface area contributed by atoms with Gasteiger partial charge in [-0.1, -0.05) is 120 Å². The minimum absolute atomic E-state index is 0. The second-order valence-electron chi connectivity index (χ2n) is 18.1. The molecule has 0 N–H and O–H groups in total. The van der Waals surface area contributed by atoms with Crippen LogP contribution >= 0.6 is 0 Å². The van der Waals surface area contributed by atoms with Crippen molar-refractivity contribution in [1.29, 1.82) is 0 Å². The van der Waals surface area contributed by atoms with E-state index in [9.17, 15) is 4.39 Å². The van der Waals surface area contributed by atoms with Crippen LogP contribution in [-0.4, -0.2) is 32.6 Å². The summed E-state index contributed by atoms with van der Waals surface area (Å²) in [6.07, 6.45) is 4.93. The SMILES string of the molecule is Cc1cc2c(nc(-c3[c-]nc4oc5cc(C(C)C)ccc5c4c3)n2-c2ccc(C(C)(C)C)cc2-c2ccccc2)c(C)n1.[2H]C([2H])([2H])c1cc(-c2[c-]cc(F)cc2)ncc1[Si](C)(C)C.[Ir]. The molecule has 317 valence electrons. The first-order chi connectivity index (χ1) is 30.2. The van der Waals surface area contributed by atoms with Gasteiger partial charge >= 0.3 is 0 Å². The molecular formula is C53H52FIrN5OSi-2. The van der Waals surface area contributed by atoms with Gasteiger partial charge in [-0.2, -0.15) is 0 Å². The Morgan fingerprint density at radius 3 is 2.31 bits per heavy atom. The van der Waals surface area contributed by atoms with Crippen LogP contribution in [0.1, 0.15) is 72.7 Å².